The molecule has 1 N–H and O–H groups in total. The standard InChI is InChI=1S/C26H24N2O3S/c1-19-10-16-24(17-11-19)32(30,31)27-23-14-12-21(13-15-23)26(29)28(2)18-22-8-5-7-20-6-3-4-9-25(20)22/h3-17,27H,18H2,1-2H3. The first kappa shape index (κ1) is 21.6. The number of carbonyl (C=O) groups excluding carboxylic acids is 1. The summed E-state index contributed by atoms with van der Waals surface area (Å²) < 4.78 is 27.7. The van der Waals surface area contributed by atoms with Gasteiger partial charge in [-0.1, -0.05) is 60.2 Å². The number of rotatable bonds is 6. The van der Waals surface area contributed by atoms with Gasteiger partial charge < -0.3 is 4.90 Å². The lowest BCUT2D eigenvalue weighted by atomic mass is 10.0. The van der Waals surface area contributed by atoms with E-state index >= 15 is 0 Å². The lowest BCUT2D eigenvalue weighted by Crippen LogP contribution is -2.26. The van der Waals surface area contributed by atoms with Crippen molar-refractivity contribution >= 4 is 32.4 Å². The van der Waals surface area contributed by atoms with Crippen LogP contribution in [0.2, 0.25) is 0 Å². The van der Waals surface area contributed by atoms with Crippen molar-refractivity contribution in [3.8, 4) is 0 Å². The van der Waals surface area contributed by atoms with Crippen molar-refractivity contribution in [3.63, 3.8) is 0 Å². The number of anilines is 1. The maximum atomic E-state index is 12.9. The summed E-state index contributed by atoms with van der Waals surface area (Å²) in [5.41, 5.74) is 2.95. The van der Waals surface area contributed by atoms with Crippen molar-refractivity contribution in [1.29, 1.82) is 0 Å². The molecule has 4 aromatic rings. The first-order chi connectivity index (χ1) is 15.3. The molecular formula is C26H24N2O3S. The van der Waals surface area contributed by atoms with Gasteiger partial charge in [0.15, 0.2) is 0 Å². The van der Waals surface area contributed by atoms with E-state index in [1.54, 1.807) is 60.5 Å². The summed E-state index contributed by atoms with van der Waals surface area (Å²) in [6.07, 6.45) is 0. The Balaban J connectivity index is 1.47. The van der Waals surface area contributed by atoms with Crippen LogP contribution in [-0.4, -0.2) is 26.3 Å². The van der Waals surface area contributed by atoms with Gasteiger partial charge in [-0.3, -0.25) is 9.52 Å². The van der Waals surface area contributed by atoms with E-state index in [0.717, 1.165) is 21.9 Å². The zero-order valence-corrected chi connectivity index (χ0v) is 18.8. The van der Waals surface area contributed by atoms with Gasteiger partial charge in [0.05, 0.1) is 4.90 Å². The number of aryl methyl sites for hydroxylation is 1. The molecule has 0 aromatic heterocycles. The highest BCUT2D eigenvalue weighted by Crippen LogP contribution is 2.21. The highest BCUT2D eigenvalue weighted by Gasteiger charge is 2.16. The van der Waals surface area contributed by atoms with Crippen LogP contribution in [-0.2, 0) is 16.6 Å². The fraction of sp³-hybridized carbons (Fsp3) is 0.115. The second kappa shape index (κ2) is 8.85. The molecule has 1 amide bonds. The molecule has 0 atom stereocenters. The van der Waals surface area contributed by atoms with Crippen molar-refractivity contribution in [2.24, 2.45) is 0 Å². The molecule has 6 heteroatoms. The minimum atomic E-state index is -3.69. The third kappa shape index (κ3) is 4.65. The van der Waals surface area contributed by atoms with Crippen LogP contribution in [0.3, 0.4) is 0 Å². The zero-order valence-electron chi connectivity index (χ0n) is 17.9. The molecule has 0 radical (unpaired) electrons. The number of fused-ring (bicyclic) bond motifs is 1. The molecule has 4 aromatic carbocycles. The zero-order chi connectivity index (χ0) is 22.7. The number of hydrogen-bond acceptors (Lipinski definition) is 3. The largest absolute Gasteiger partial charge is 0.337 e. The lowest BCUT2D eigenvalue weighted by molar-refractivity contribution is 0.0785. The van der Waals surface area contributed by atoms with Crippen molar-refractivity contribution < 1.29 is 13.2 Å². The van der Waals surface area contributed by atoms with E-state index in [-0.39, 0.29) is 10.8 Å². The van der Waals surface area contributed by atoms with Gasteiger partial charge in [-0.15, -0.1) is 0 Å². The third-order valence-corrected chi connectivity index (χ3v) is 6.75. The van der Waals surface area contributed by atoms with Gasteiger partial charge in [0.25, 0.3) is 15.9 Å². The van der Waals surface area contributed by atoms with E-state index < -0.39 is 10.0 Å². The van der Waals surface area contributed by atoms with Gasteiger partial charge in [-0.25, -0.2) is 8.42 Å². The summed E-state index contributed by atoms with van der Waals surface area (Å²) in [7, 11) is -1.92. The molecule has 4 rings (SSSR count). The van der Waals surface area contributed by atoms with Gasteiger partial charge in [0.2, 0.25) is 0 Å². The smallest absolute Gasteiger partial charge is 0.261 e. The Morgan fingerprint density at radius 3 is 2.22 bits per heavy atom. The summed E-state index contributed by atoms with van der Waals surface area (Å²) >= 11 is 0. The van der Waals surface area contributed by atoms with E-state index in [1.165, 1.54) is 0 Å². The summed E-state index contributed by atoms with van der Waals surface area (Å²) in [6, 6.07) is 27.3. The Labute approximate surface area is 188 Å². The monoisotopic (exact) mass is 444 g/mol. The Morgan fingerprint density at radius 2 is 1.50 bits per heavy atom. The van der Waals surface area contributed by atoms with E-state index in [0.29, 0.717) is 17.8 Å². The van der Waals surface area contributed by atoms with Crippen LogP contribution >= 0.6 is 0 Å². The molecule has 0 heterocycles. The SMILES string of the molecule is Cc1ccc(S(=O)(=O)Nc2ccc(C(=O)N(C)Cc3cccc4ccccc34)cc2)cc1. The minimum Gasteiger partial charge on any atom is -0.337 e. The molecule has 32 heavy (non-hydrogen) atoms. The molecule has 0 saturated heterocycles. The molecule has 0 aliphatic rings. The second-order valence-corrected chi connectivity index (χ2v) is 9.48. The lowest BCUT2D eigenvalue weighted by Gasteiger charge is -2.19. The maximum Gasteiger partial charge on any atom is 0.261 e. The van der Waals surface area contributed by atoms with Gasteiger partial charge in [0, 0.05) is 24.8 Å². The molecule has 0 spiro atoms. The molecule has 0 fully saturated rings. The van der Waals surface area contributed by atoms with Crippen LogP contribution < -0.4 is 4.72 Å². The van der Waals surface area contributed by atoms with E-state index in [9.17, 15) is 13.2 Å². The minimum absolute atomic E-state index is 0.133. The maximum absolute atomic E-state index is 12.9. The van der Waals surface area contributed by atoms with Crippen molar-refractivity contribution in [2.75, 3.05) is 11.8 Å². The second-order valence-electron chi connectivity index (χ2n) is 7.80. The Bertz CT molecular complexity index is 1360. The number of benzene rings is 4. The fourth-order valence-corrected chi connectivity index (χ4v) is 4.65. The number of amides is 1. The number of nitrogens with one attached hydrogen (secondary N) is 1. The van der Waals surface area contributed by atoms with Gasteiger partial charge >= 0.3 is 0 Å². The molecule has 0 unspecified atom stereocenters. The average Bonchev–Trinajstić information content (AvgIpc) is 2.79. The van der Waals surface area contributed by atoms with E-state index in [2.05, 4.69) is 22.9 Å². The first-order valence-electron chi connectivity index (χ1n) is 10.3. The Kier molecular flexibility index (Phi) is 5.97. The first-order valence-corrected chi connectivity index (χ1v) is 11.7. The van der Waals surface area contributed by atoms with Crippen molar-refractivity contribution in [3.05, 3.63) is 108 Å². The quantitative estimate of drug-likeness (QED) is 0.443. The molecule has 0 aliphatic heterocycles. The normalized spacial score (nSPS) is 11.3. The van der Waals surface area contributed by atoms with Crippen LogP contribution in [0, 0.1) is 6.92 Å². The summed E-state index contributed by atoms with van der Waals surface area (Å²) in [5, 5.41) is 2.26. The van der Waals surface area contributed by atoms with Crippen LogP contribution in [0.25, 0.3) is 10.8 Å². The van der Waals surface area contributed by atoms with Crippen LogP contribution in [0.5, 0.6) is 0 Å². The molecule has 162 valence electrons. The Morgan fingerprint density at radius 1 is 0.844 bits per heavy atom. The topological polar surface area (TPSA) is 66.5 Å². The third-order valence-electron chi connectivity index (χ3n) is 5.35. The predicted molar refractivity (Wildman–Crippen MR) is 128 cm³/mol. The van der Waals surface area contributed by atoms with E-state index in [1.807, 2.05) is 31.2 Å². The van der Waals surface area contributed by atoms with Crippen LogP contribution in [0.4, 0.5) is 5.69 Å². The highest BCUT2D eigenvalue weighted by atomic mass is 32.2. The van der Waals surface area contributed by atoms with Crippen molar-refractivity contribution in [1.82, 2.24) is 4.90 Å². The van der Waals surface area contributed by atoms with Gasteiger partial charge in [-0.05, 0) is 59.7 Å². The number of hydrogen-bond donors (Lipinski definition) is 1. The Hall–Kier alpha value is -3.64. The molecule has 0 bridgehead atoms. The average molecular weight is 445 g/mol. The summed E-state index contributed by atoms with van der Waals surface area (Å²) in [6.45, 7) is 2.37. The van der Waals surface area contributed by atoms with Crippen molar-refractivity contribution in [2.45, 2.75) is 18.4 Å². The molecule has 5 nitrogen and oxygen atoms in total. The highest BCUT2D eigenvalue weighted by molar-refractivity contribution is 7.92. The summed E-state index contributed by atoms with van der Waals surface area (Å²) in [4.78, 5) is 14.8. The number of carbonyl (C=O) groups is 1. The predicted octanol–water partition coefficient (Wildman–Crippen LogP) is 5.22. The number of nitrogens with zero attached hydrogens (tertiary/aromatic N) is 1. The fourth-order valence-electron chi connectivity index (χ4n) is 3.59. The molecular weight excluding hydrogens is 420 g/mol. The summed E-state index contributed by atoms with van der Waals surface area (Å²) in [5.74, 6) is -0.133. The van der Waals surface area contributed by atoms with Gasteiger partial charge in [0.1, 0.15) is 0 Å². The van der Waals surface area contributed by atoms with E-state index in [4.69, 9.17) is 0 Å². The molecule has 0 aliphatic carbocycles. The number of sulfonamides is 1. The van der Waals surface area contributed by atoms with Crippen LogP contribution in [0.1, 0.15) is 21.5 Å². The van der Waals surface area contributed by atoms with Gasteiger partial charge in [-0.2, -0.15) is 0 Å². The molecule has 0 saturated carbocycles. The van der Waals surface area contributed by atoms with Crippen LogP contribution in [0.15, 0.2) is 95.9 Å².